The maximum atomic E-state index is 10.4. The number of hydrogen-bond donors (Lipinski definition) is 0. The maximum Gasteiger partial charge on any atom is 1.00 e. The third-order valence-corrected chi connectivity index (χ3v) is 1.74. The first-order chi connectivity index (χ1) is 5.45. The van der Waals surface area contributed by atoms with Crippen molar-refractivity contribution in [1.29, 1.82) is 0 Å². The van der Waals surface area contributed by atoms with Crippen molar-refractivity contribution in [2.75, 3.05) is 12.4 Å². The molecule has 0 atom stereocenters. The maximum absolute atomic E-state index is 10.4. The zero-order valence-corrected chi connectivity index (χ0v) is 14.5. The molecule has 0 saturated carbocycles. The van der Waals surface area contributed by atoms with Gasteiger partial charge in [-0.15, -0.1) is 0 Å². The van der Waals surface area contributed by atoms with Crippen molar-refractivity contribution in [2.24, 2.45) is 0 Å². The summed E-state index contributed by atoms with van der Waals surface area (Å²) in [5.41, 5.74) is 0. The molecule has 0 rings (SSSR count). The molecule has 0 aliphatic rings. The molecule has 0 N–H and O–H groups in total. The molecule has 7 heteroatoms. The van der Waals surface area contributed by atoms with Gasteiger partial charge in [-0.3, -0.25) is 0 Å². The SMILES string of the molecule is C=CC(=O)OCCCS(=O)(=O)[O-].[Cs+]. The molecule has 0 fully saturated rings. The van der Waals surface area contributed by atoms with Gasteiger partial charge in [0.1, 0.15) is 0 Å². The van der Waals surface area contributed by atoms with E-state index in [4.69, 9.17) is 0 Å². The Balaban J connectivity index is 0. The fourth-order valence-corrected chi connectivity index (χ4v) is 0.939. The van der Waals surface area contributed by atoms with E-state index in [1.54, 1.807) is 0 Å². The van der Waals surface area contributed by atoms with Crippen molar-refractivity contribution in [3.05, 3.63) is 12.7 Å². The monoisotopic (exact) mass is 326 g/mol. The van der Waals surface area contributed by atoms with E-state index in [2.05, 4.69) is 11.3 Å². The van der Waals surface area contributed by atoms with E-state index < -0.39 is 21.8 Å². The quantitative estimate of drug-likeness (QED) is 0.228. The second-order valence-electron chi connectivity index (χ2n) is 1.99. The Morgan fingerprint density at radius 2 is 2.08 bits per heavy atom. The Morgan fingerprint density at radius 1 is 1.54 bits per heavy atom. The van der Waals surface area contributed by atoms with Gasteiger partial charge in [-0.25, -0.2) is 13.2 Å². The van der Waals surface area contributed by atoms with Crippen LogP contribution in [0.15, 0.2) is 12.7 Å². The van der Waals surface area contributed by atoms with Gasteiger partial charge in [-0.05, 0) is 6.42 Å². The summed E-state index contributed by atoms with van der Waals surface area (Å²) in [5, 5.41) is 0. The Hall–Kier alpha value is 1.17. The van der Waals surface area contributed by atoms with Gasteiger partial charge in [-0.2, -0.15) is 0 Å². The van der Waals surface area contributed by atoms with E-state index in [-0.39, 0.29) is 81.9 Å². The summed E-state index contributed by atoms with van der Waals surface area (Å²) in [4.78, 5) is 10.4. The fraction of sp³-hybridized carbons (Fsp3) is 0.500. The number of rotatable bonds is 5. The molecule has 0 aromatic rings. The van der Waals surface area contributed by atoms with Gasteiger partial charge in [0.2, 0.25) is 0 Å². The normalized spacial score (nSPS) is 9.92. The summed E-state index contributed by atoms with van der Waals surface area (Å²) in [6.45, 7) is 3.06. The van der Waals surface area contributed by atoms with Crippen LogP contribution in [0, 0.1) is 0 Å². The van der Waals surface area contributed by atoms with Crippen LogP contribution >= 0.6 is 0 Å². The standard InChI is InChI=1S/C6H10O5S.Cs/c1-2-6(7)11-4-3-5-12(8,9)10;/h2H,1,3-5H2,(H,8,9,10);/q;+1/p-1. The molecule has 0 radical (unpaired) electrons. The molecule has 5 nitrogen and oxygen atoms in total. The molecule has 0 spiro atoms. The minimum atomic E-state index is -4.20. The number of ether oxygens (including phenoxy) is 1. The van der Waals surface area contributed by atoms with Crippen molar-refractivity contribution < 1.29 is 91.4 Å². The number of hydrogen-bond acceptors (Lipinski definition) is 5. The molecule has 0 saturated heterocycles. The number of carbonyl (C=O) groups is 1. The summed E-state index contributed by atoms with van der Waals surface area (Å²) < 4.78 is 34.5. The molecular formula is C6H9CsO5S. The molecule has 0 aliphatic heterocycles. The van der Waals surface area contributed by atoms with Crippen LogP contribution in [-0.4, -0.2) is 31.3 Å². The third-order valence-electron chi connectivity index (χ3n) is 0.950. The zero-order chi connectivity index (χ0) is 9.61. The Morgan fingerprint density at radius 3 is 2.46 bits per heavy atom. The second kappa shape index (κ2) is 8.48. The van der Waals surface area contributed by atoms with Gasteiger partial charge in [0.25, 0.3) is 0 Å². The molecule has 0 bridgehead atoms. The van der Waals surface area contributed by atoms with E-state index in [0.717, 1.165) is 6.08 Å². The smallest absolute Gasteiger partial charge is 0.748 e. The Bertz CT molecular complexity index is 258. The third kappa shape index (κ3) is 13.2. The van der Waals surface area contributed by atoms with Crippen LogP contribution in [0.1, 0.15) is 6.42 Å². The van der Waals surface area contributed by atoms with Gasteiger partial charge < -0.3 is 9.29 Å². The van der Waals surface area contributed by atoms with Crippen LogP contribution in [0.4, 0.5) is 0 Å². The van der Waals surface area contributed by atoms with Gasteiger partial charge in [0, 0.05) is 11.8 Å². The average Bonchev–Trinajstić information content (AvgIpc) is 1.96. The van der Waals surface area contributed by atoms with E-state index in [0.29, 0.717) is 0 Å². The molecule has 0 aromatic carbocycles. The Kier molecular flexibility index (Phi) is 10.8. The number of carbonyl (C=O) groups excluding carboxylic acids is 1. The zero-order valence-electron chi connectivity index (χ0n) is 7.36. The fourth-order valence-electron chi connectivity index (χ4n) is 0.467. The van der Waals surface area contributed by atoms with Crippen molar-refractivity contribution in [2.45, 2.75) is 6.42 Å². The van der Waals surface area contributed by atoms with E-state index >= 15 is 0 Å². The van der Waals surface area contributed by atoms with Crippen LogP contribution in [0.3, 0.4) is 0 Å². The van der Waals surface area contributed by atoms with Gasteiger partial charge in [-0.1, -0.05) is 6.58 Å². The predicted molar refractivity (Wildman–Crippen MR) is 40.3 cm³/mol. The second-order valence-corrected chi connectivity index (χ2v) is 3.51. The molecule has 0 amide bonds. The van der Waals surface area contributed by atoms with Gasteiger partial charge >= 0.3 is 74.9 Å². The summed E-state index contributed by atoms with van der Waals surface area (Å²) in [6.07, 6.45) is 0.983. The predicted octanol–water partition coefficient (Wildman–Crippen LogP) is -3.35. The van der Waals surface area contributed by atoms with Crippen LogP contribution in [0.5, 0.6) is 0 Å². The molecule has 0 aliphatic carbocycles. The van der Waals surface area contributed by atoms with Gasteiger partial charge in [0.15, 0.2) is 0 Å². The van der Waals surface area contributed by atoms with Crippen molar-refractivity contribution in [3.63, 3.8) is 0 Å². The van der Waals surface area contributed by atoms with Crippen LogP contribution in [-0.2, 0) is 19.6 Å². The molecule has 0 unspecified atom stereocenters. The number of esters is 1. The minimum absolute atomic E-state index is 0. The average molecular weight is 326 g/mol. The molecule has 70 valence electrons. The minimum Gasteiger partial charge on any atom is -0.748 e. The molecule has 13 heavy (non-hydrogen) atoms. The van der Waals surface area contributed by atoms with Crippen LogP contribution in [0.25, 0.3) is 0 Å². The largest absolute Gasteiger partial charge is 1.00 e. The summed E-state index contributed by atoms with van der Waals surface area (Å²) >= 11 is 0. The Labute approximate surface area is 136 Å². The first kappa shape index (κ1) is 16.6. The summed E-state index contributed by atoms with van der Waals surface area (Å²) in [6, 6.07) is 0. The van der Waals surface area contributed by atoms with Crippen molar-refractivity contribution in [3.8, 4) is 0 Å². The first-order valence-corrected chi connectivity index (χ1v) is 4.76. The van der Waals surface area contributed by atoms with E-state index in [1.807, 2.05) is 0 Å². The van der Waals surface area contributed by atoms with Gasteiger partial charge in [0.05, 0.1) is 16.7 Å². The van der Waals surface area contributed by atoms with Crippen molar-refractivity contribution in [1.82, 2.24) is 0 Å². The molecular weight excluding hydrogens is 317 g/mol. The first-order valence-electron chi connectivity index (χ1n) is 3.18. The molecule has 0 aromatic heterocycles. The van der Waals surface area contributed by atoms with Crippen molar-refractivity contribution >= 4 is 16.1 Å². The summed E-state index contributed by atoms with van der Waals surface area (Å²) in [7, 11) is -4.20. The molecule has 0 heterocycles. The van der Waals surface area contributed by atoms with Crippen LogP contribution in [0.2, 0.25) is 0 Å². The van der Waals surface area contributed by atoms with E-state index in [9.17, 15) is 17.8 Å². The topological polar surface area (TPSA) is 83.5 Å². The van der Waals surface area contributed by atoms with Crippen LogP contribution < -0.4 is 68.9 Å². The summed E-state index contributed by atoms with van der Waals surface area (Å²) in [5.74, 6) is -1.14. The van der Waals surface area contributed by atoms with E-state index in [1.165, 1.54) is 0 Å².